The van der Waals surface area contributed by atoms with Crippen LogP contribution in [-0.4, -0.2) is 33.6 Å². The molecular formula is C11H18N4O2. The zero-order valence-electron chi connectivity index (χ0n) is 9.98. The van der Waals surface area contributed by atoms with Crippen LogP contribution >= 0.6 is 0 Å². The molecule has 1 aromatic rings. The number of hydrogen-bond donors (Lipinski definition) is 2. The Bertz CT molecular complexity index is 505. The number of anilines is 1. The van der Waals surface area contributed by atoms with Gasteiger partial charge in [0.2, 0.25) is 0 Å². The van der Waals surface area contributed by atoms with Gasteiger partial charge in [-0.1, -0.05) is 6.92 Å². The normalized spacial score (nSPS) is 20.9. The number of H-pyrrole nitrogens is 1. The highest BCUT2D eigenvalue weighted by molar-refractivity contribution is 5.26. The lowest BCUT2D eigenvalue weighted by molar-refractivity contribution is 0.243. The number of nitrogens with one attached hydrogen (secondary N) is 1. The first kappa shape index (κ1) is 11.9. The van der Waals surface area contributed by atoms with Crippen molar-refractivity contribution in [3.8, 4) is 0 Å². The molecule has 1 aliphatic heterocycles. The molecule has 1 aliphatic rings. The maximum Gasteiger partial charge on any atom is 0.329 e. The summed E-state index contributed by atoms with van der Waals surface area (Å²) in [6.45, 7) is 4.70. The fraction of sp³-hybridized carbons (Fsp3) is 0.636. The molecule has 1 fully saturated rings. The van der Waals surface area contributed by atoms with Crippen molar-refractivity contribution in [1.29, 1.82) is 0 Å². The fourth-order valence-electron chi connectivity index (χ4n) is 2.46. The standard InChI is InChI=1S/C11H18N4O2/c1-2-14-5-3-4-8(14)7-15-9(12)6-10(16)13-11(15)17/h6,8H,2-5,7,12H2,1H3,(H,13,16,17). The first-order valence-electron chi connectivity index (χ1n) is 5.95. The van der Waals surface area contributed by atoms with Crippen molar-refractivity contribution in [2.24, 2.45) is 0 Å². The summed E-state index contributed by atoms with van der Waals surface area (Å²) in [4.78, 5) is 27.3. The first-order chi connectivity index (χ1) is 8.11. The summed E-state index contributed by atoms with van der Waals surface area (Å²) >= 11 is 0. The molecule has 2 rings (SSSR count). The second kappa shape index (κ2) is 4.75. The third-order valence-corrected chi connectivity index (χ3v) is 3.36. The molecule has 6 nitrogen and oxygen atoms in total. The van der Waals surface area contributed by atoms with Crippen molar-refractivity contribution >= 4 is 5.82 Å². The van der Waals surface area contributed by atoms with Gasteiger partial charge in [-0.2, -0.15) is 0 Å². The predicted molar refractivity (Wildman–Crippen MR) is 66.0 cm³/mol. The van der Waals surface area contributed by atoms with E-state index in [1.54, 1.807) is 0 Å². The molecular weight excluding hydrogens is 220 g/mol. The average Bonchev–Trinajstić information content (AvgIpc) is 2.70. The molecule has 1 aromatic heterocycles. The van der Waals surface area contributed by atoms with E-state index in [1.165, 1.54) is 10.6 Å². The molecule has 1 atom stereocenters. The van der Waals surface area contributed by atoms with Crippen LogP contribution in [-0.2, 0) is 6.54 Å². The van der Waals surface area contributed by atoms with Gasteiger partial charge in [-0.3, -0.25) is 19.2 Å². The van der Waals surface area contributed by atoms with E-state index < -0.39 is 11.2 Å². The fourth-order valence-corrected chi connectivity index (χ4v) is 2.46. The molecule has 0 aromatic carbocycles. The van der Waals surface area contributed by atoms with Crippen LogP contribution < -0.4 is 17.0 Å². The third-order valence-electron chi connectivity index (χ3n) is 3.36. The van der Waals surface area contributed by atoms with E-state index in [-0.39, 0.29) is 5.82 Å². The maximum atomic E-state index is 11.7. The lowest BCUT2D eigenvalue weighted by Crippen LogP contribution is -2.39. The Balaban J connectivity index is 2.24. The highest BCUT2D eigenvalue weighted by Gasteiger charge is 2.24. The average molecular weight is 238 g/mol. The summed E-state index contributed by atoms with van der Waals surface area (Å²) in [6, 6.07) is 1.60. The number of aromatic nitrogens is 2. The second-order valence-corrected chi connectivity index (χ2v) is 4.40. The minimum atomic E-state index is -0.442. The van der Waals surface area contributed by atoms with Crippen LogP contribution in [0.5, 0.6) is 0 Å². The van der Waals surface area contributed by atoms with Crippen molar-refractivity contribution in [2.45, 2.75) is 32.4 Å². The lowest BCUT2D eigenvalue weighted by Gasteiger charge is -2.23. The van der Waals surface area contributed by atoms with Crippen molar-refractivity contribution in [3.63, 3.8) is 0 Å². The summed E-state index contributed by atoms with van der Waals surface area (Å²) in [7, 11) is 0. The number of aromatic amines is 1. The Labute approximate surface area is 99.1 Å². The summed E-state index contributed by atoms with van der Waals surface area (Å²) in [5.41, 5.74) is 4.85. The molecule has 0 bridgehead atoms. The molecule has 0 amide bonds. The Morgan fingerprint density at radius 1 is 1.53 bits per heavy atom. The highest BCUT2D eigenvalue weighted by atomic mass is 16.2. The number of rotatable bonds is 3. The summed E-state index contributed by atoms with van der Waals surface area (Å²) in [6.07, 6.45) is 2.22. The van der Waals surface area contributed by atoms with Crippen molar-refractivity contribution in [1.82, 2.24) is 14.5 Å². The summed E-state index contributed by atoms with van der Waals surface area (Å²) < 4.78 is 1.44. The van der Waals surface area contributed by atoms with E-state index in [1.807, 2.05) is 0 Å². The summed E-state index contributed by atoms with van der Waals surface area (Å²) in [5, 5.41) is 0. The van der Waals surface area contributed by atoms with E-state index in [2.05, 4.69) is 16.8 Å². The Morgan fingerprint density at radius 2 is 2.29 bits per heavy atom. The molecule has 0 spiro atoms. The number of likely N-dealkylation sites (N-methyl/N-ethyl adjacent to an activating group) is 1. The van der Waals surface area contributed by atoms with Crippen molar-refractivity contribution in [3.05, 3.63) is 26.9 Å². The van der Waals surface area contributed by atoms with Gasteiger partial charge in [-0.15, -0.1) is 0 Å². The maximum absolute atomic E-state index is 11.7. The largest absolute Gasteiger partial charge is 0.385 e. The molecule has 17 heavy (non-hydrogen) atoms. The number of likely N-dealkylation sites (tertiary alicyclic amines) is 1. The third kappa shape index (κ3) is 2.41. The molecule has 1 saturated heterocycles. The Hall–Kier alpha value is -1.56. The van der Waals surface area contributed by atoms with E-state index in [4.69, 9.17) is 5.73 Å². The van der Waals surface area contributed by atoms with E-state index in [0.717, 1.165) is 25.9 Å². The van der Waals surface area contributed by atoms with Gasteiger partial charge in [0, 0.05) is 18.7 Å². The van der Waals surface area contributed by atoms with Gasteiger partial charge in [0.05, 0.1) is 0 Å². The zero-order chi connectivity index (χ0) is 12.4. The van der Waals surface area contributed by atoms with Crippen LogP contribution in [0, 0.1) is 0 Å². The van der Waals surface area contributed by atoms with Crippen LogP contribution in [0.15, 0.2) is 15.7 Å². The molecule has 94 valence electrons. The quantitative estimate of drug-likeness (QED) is 0.750. The number of nitrogens with two attached hydrogens (primary N) is 1. The van der Waals surface area contributed by atoms with Crippen LogP contribution in [0.3, 0.4) is 0 Å². The molecule has 1 unspecified atom stereocenters. The smallest absolute Gasteiger partial charge is 0.329 e. The second-order valence-electron chi connectivity index (χ2n) is 4.40. The molecule has 0 saturated carbocycles. The minimum absolute atomic E-state index is 0.238. The van der Waals surface area contributed by atoms with Crippen LogP contribution in [0.1, 0.15) is 19.8 Å². The van der Waals surface area contributed by atoms with Gasteiger partial charge in [0.25, 0.3) is 5.56 Å². The summed E-state index contributed by atoms with van der Waals surface area (Å²) in [5.74, 6) is 0.238. The van der Waals surface area contributed by atoms with Gasteiger partial charge in [-0.05, 0) is 25.9 Å². The minimum Gasteiger partial charge on any atom is -0.385 e. The molecule has 0 radical (unpaired) electrons. The zero-order valence-corrected chi connectivity index (χ0v) is 9.98. The van der Waals surface area contributed by atoms with Gasteiger partial charge < -0.3 is 5.73 Å². The topological polar surface area (TPSA) is 84.1 Å². The Morgan fingerprint density at radius 3 is 2.94 bits per heavy atom. The van der Waals surface area contributed by atoms with Crippen molar-refractivity contribution in [2.75, 3.05) is 18.8 Å². The molecule has 0 aliphatic carbocycles. The number of nitrogen functional groups attached to an aromatic ring is 1. The van der Waals surface area contributed by atoms with Gasteiger partial charge in [0.15, 0.2) is 0 Å². The molecule has 3 N–H and O–H groups in total. The number of nitrogens with zero attached hydrogens (tertiary/aromatic N) is 2. The Kier molecular flexibility index (Phi) is 3.33. The van der Waals surface area contributed by atoms with E-state index in [9.17, 15) is 9.59 Å². The van der Waals surface area contributed by atoms with E-state index >= 15 is 0 Å². The molecule has 2 heterocycles. The van der Waals surface area contributed by atoms with Gasteiger partial charge in [-0.25, -0.2) is 4.79 Å². The van der Waals surface area contributed by atoms with E-state index in [0.29, 0.717) is 12.6 Å². The predicted octanol–water partition coefficient (Wildman–Crippen LogP) is -0.397. The van der Waals surface area contributed by atoms with Crippen molar-refractivity contribution < 1.29 is 0 Å². The lowest BCUT2D eigenvalue weighted by atomic mass is 10.2. The first-order valence-corrected chi connectivity index (χ1v) is 5.95. The molecule has 6 heteroatoms. The van der Waals surface area contributed by atoms with Crippen LogP contribution in [0.2, 0.25) is 0 Å². The number of hydrogen-bond acceptors (Lipinski definition) is 4. The SMILES string of the molecule is CCN1CCCC1Cn1c(N)cc(=O)[nH]c1=O. The van der Waals surface area contributed by atoms with Crippen LogP contribution in [0.4, 0.5) is 5.82 Å². The highest BCUT2D eigenvalue weighted by Crippen LogP contribution is 2.18. The van der Waals surface area contributed by atoms with Crippen LogP contribution in [0.25, 0.3) is 0 Å². The van der Waals surface area contributed by atoms with Gasteiger partial charge >= 0.3 is 5.69 Å². The van der Waals surface area contributed by atoms with Gasteiger partial charge in [0.1, 0.15) is 5.82 Å². The monoisotopic (exact) mass is 238 g/mol.